The highest BCUT2D eigenvalue weighted by molar-refractivity contribution is 6.72. The maximum Gasteiger partial charge on any atom is 0.318 e. The number of rotatable bonds is 0. The Morgan fingerprint density at radius 3 is 2.60 bits per heavy atom. The van der Waals surface area contributed by atoms with E-state index in [1.807, 2.05) is 0 Å². The SMILES string of the molecule is O=C1C=C([O-])C(Cl)=NC1=O. The Balaban J connectivity index is 3.06. The zero-order valence-electron chi connectivity index (χ0n) is 4.63. The molecule has 1 amide bonds. The van der Waals surface area contributed by atoms with Crippen molar-refractivity contribution < 1.29 is 14.7 Å². The van der Waals surface area contributed by atoms with E-state index >= 15 is 0 Å². The molecular formula is C5HClNO3-. The van der Waals surface area contributed by atoms with Gasteiger partial charge >= 0.3 is 5.91 Å². The first-order chi connectivity index (χ1) is 4.61. The van der Waals surface area contributed by atoms with E-state index in [9.17, 15) is 14.7 Å². The third-order valence-corrected chi connectivity index (χ3v) is 1.15. The first kappa shape index (κ1) is 6.95. The van der Waals surface area contributed by atoms with E-state index in [-0.39, 0.29) is 0 Å². The second-order valence-electron chi connectivity index (χ2n) is 1.58. The topological polar surface area (TPSA) is 69.6 Å². The van der Waals surface area contributed by atoms with Crippen LogP contribution in [0.1, 0.15) is 0 Å². The molecule has 10 heavy (non-hydrogen) atoms. The lowest BCUT2D eigenvalue weighted by Gasteiger charge is -2.10. The highest BCUT2D eigenvalue weighted by Crippen LogP contribution is 2.02. The van der Waals surface area contributed by atoms with Gasteiger partial charge in [0.15, 0.2) is 0 Å². The van der Waals surface area contributed by atoms with Crippen molar-refractivity contribution in [3.05, 3.63) is 11.8 Å². The Hall–Kier alpha value is -1.16. The standard InChI is InChI=1S/C5H2ClNO3/c6-4-2(8)1-3(9)5(10)7-4/h1,8H/p-1. The van der Waals surface area contributed by atoms with Crippen LogP contribution in [0.15, 0.2) is 16.8 Å². The zero-order chi connectivity index (χ0) is 7.72. The number of nitrogens with zero attached hydrogens (tertiary/aromatic N) is 1. The van der Waals surface area contributed by atoms with Gasteiger partial charge in [-0.05, 0) is 6.08 Å². The molecule has 0 spiro atoms. The Labute approximate surface area is 60.8 Å². The van der Waals surface area contributed by atoms with E-state index in [1.165, 1.54) is 0 Å². The zero-order valence-corrected chi connectivity index (χ0v) is 5.38. The predicted octanol–water partition coefficient (Wildman–Crippen LogP) is -1.02. The summed E-state index contributed by atoms with van der Waals surface area (Å²) in [6, 6.07) is 0. The van der Waals surface area contributed by atoms with Crippen LogP contribution in [0.2, 0.25) is 0 Å². The molecule has 1 rings (SSSR count). The average molecular weight is 159 g/mol. The summed E-state index contributed by atoms with van der Waals surface area (Å²) >= 11 is 5.12. The number of carbonyl (C=O) groups excluding carboxylic acids is 2. The third kappa shape index (κ3) is 1.06. The first-order valence-electron chi connectivity index (χ1n) is 2.33. The second-order valence-corrected chi connectivity index (χ2v) is 1.94. The summed E-state index contributed by atoms with van der Waals surface area (Å²) in [6.07, 6.45) is 0.623. The van der Waals surface area contributed by atoms with E-state index in [0.717, 1.165) is 0 Å². The highest BCUT2D eigenvalue weighted by Gasteiger charge is 2.14. The summed E-state index contributed by atoms with van der Waals surface area (Å²) in [5, 5.41) is 10.0. The molecule has 0 radical (unpaired) electrons. The average Bonchev–Trinajstić information content (AvgIpc) is 1.84. The number of allylic oxidation sites excluding steroid dienone is 1. The van der Waals surface area contributed by atoms with Crippen molar-refractivity contribution in [1.82, 2.24) is 0 Å². The molecule has 0 N–H and O–H groups in total. The normalized spacial score (nSPS) is 18.5. The van der Waals surface area contributed by atoms with E-state index < -0.39 is 22.6 Å². The molecule has 0 unspecified atom stereocenters. The second kappa shape index (κ2) is 2.22. The molecule has 52 valence electrons. The van der Waals surface area contributed by atoms with Crippen molar-refractivity contribution in [2.45, 2.75) is 0 Å². The van der Waals surface area contributed by atoms with E-state index in [2.05, 4.69) is 4.99 Å². The lowest BCUT2D eigenvalue weighted by molar-refractivity contribution is -0.289. The number of amides is 1. The summed E-state index contributed by atoms with van der Waals surface area (Å²) in [5.74, 6) is -2.63. The van der Waals surface area contributed by atoms with Crippen LogP contribution in [0.25, 0.3) is 0 Å². The number of hydrogen-bond acceptors (Lipinski definition) is 3. The fourth-order valence-corrected chi connectivity index (χ4v) is 0.571. The third-order valence-electron chi connectivity index (χ3n) is 0.876. The molecule has 1 aliphatic heterocycles. The molecule has 0 aliphatic carbocycles. The van der Waals surface area contributed by atoms with Gasteiger partial charge in [0.2, 0.25) is 5.78 Å². The summed E-state index contributed by atoms with van der Waals surface area (Å²) < 4.78 is 0. The van der Waals surface area contributed by atoms with Crippen molar-refractivity contribution in [2.75, 3.05) is 0 Å². The van der Waals surface area contributed by atoms with Gasteiger partial charge < -0.3 is 5.11 Å². The molecule has 0 saturated heterocycles. The molecule has 4 nitrogen and oxygen atoms in total. The van der Waals surface area contributed by atoms with Crippen LogP contribution in [-0.4, -0.2) is 16.9 Å². The smallest absolute Gasteiger partial charge is 0.318 e. The Kier molecular flexibility index (Phi) is 1.55. The van der Waals surface area contributed by atoms with Gasteiger partial charge in [-0.2, -0.15) is 4.99 Å². The van der Waals surface area contributed by atoms with Crippen LogP contribution < -0.4 is 5.11 Å². The van der Waals surface area contributed by atoms with Gasteiger partial charge in [0.25, 0.3) is 0 Å². The largest absolute Gasteiger partial charge is 0.870 e. The van der Waals surface area contributed by atoms with Crippen LogP contribution in [0.5, 0.6) is 0 Å². The lowest BCUT2D eigenvalue weighted by atomic mass is 10.3. The molecule has 0 saturated carbocycles. The molecule has 0 aromatic rings. The molecule has 0 aromatic heterocycles. The Bertz CT molecular complexity index is 238. The van der Waals surface area contributed by atoms with Crippen LogP contribution in [-0.2, 0) is 9.59 Å². The monoisotopic (exact) mass is 158 g/mol. The number of carbonyl (C=O) groups is 2. The van der Waals surface area contributed by atoms with E-state index in [0.29, 0.717) is 6.08 Å². The quantitative estimate of drug-likeness (QED) is 0.424. The number of ketones is 1. The summed E-state index contributed by atoms with van der Waals surface area (Å²) in [4.78, 5) is 23.7. The molecule has 1 aliphatic rings. The number of hydrogen-bond donors (Lipinski definition) is 0. The minimum Gasteiger partial charge on any atom is -0.870 e. The predicted molar refractivity (Wildman–Crippen MR) is 31.4 cm³/mol. The van der Waals surface area contributed by atoms with Crippen LogP contribution in [0.4, 0.5) is 0 Å². The number of halogens is 1. The summed E-state index contributed by atoms with van der Waals surface area (Å²) in [7, 11) is 0. The van der Waals surface area contributed by atoms with Gasteiger partial charge in [0.05, 0.1) is 0 Å². The van der Waals surface area contributed by atoms with E-state index in [1.54, 1.807) is 0 Å². The Morgan fingerprint density at radius 1 is 1.50 bits per heavy atom. The fourth-order valence-electron chi connectivity index (χ4n) is 0.440. The van der Waals surface area contributed by atoms with Crippen molar-refractivity contribution >= 4 is 28.5 Å². The summed E-state index contributed by atoms with van der Waals surface area (Å²) in [6.45, 7) is 0. The van der Waals surface area contributed by atoms with Gasteiger partial charge in [-0.25, -0.2) is 0 Å². The molecule has 0 aromatic carbocycles. The van der Waals surface area contributed by atoms with Gasteiger partial charge in [0, 0.05) is 0 Å². The van der Waals surface area contributed by atoms with Crippen LogP contribution in [0, 0.1) is 0 Å². The molecular weight excluding hydrogens is 158 g/mol. The lowest BCUT2D eigenvalue weighted by Crippen LogP contribution is -2.23. The first-order valence-corrected chi connectivity index (χ1v) is 2.70. The fraction of sp³-hybridized carbons (Fsp3) is 0. The maximum absolute atomic E-state index is 10.5. The Morgan fingerprint density at radius 2 is 2.10 bits per heavy atom. The van der Waals surface area contributed by atoms with E-state index in [4.69, 9.17) is 11.6 Å². The molecule has 0 bridgehead atoms. The van der Waals surface area contributed by atoms with Crippen LogP contribution >= 0.6 is 11.6 Å². The summed E-state index contributed by atoms with van der Waals surface area (Å²) in [5.41, 5.74) is 0. The van der Waals surface area contributed by atoms with Gasteiger partial charge in [-0.1, -0.05) is 17.4 Å². The molecule has 1 heterocycles. The number of aliphatic imine (C=N–C) groups is 1. The minimum atomic E-state index is -0.996. The van der Waals surface area contributed by atoms with Crippen molar-refractivity contribution in [3.8, 4) is 0 Å². The van der Waals surface area contributed by atoms with Gasteiger partial charge in [-0.15, -0.1) is 0 Å². The van der Waals surface area contributed by atoms with Crippen LogP contribution in [0.3, 0.4) is 0 Å². The van der Waals surface area contributed by atoms with Crippen molar-refractivity contribution in [1.29, 1.82) is 0 Å². The molecule has 5 heteroatoms. The molecule has 0 atom stereocenters. The van der Waals surface area contributed by atoms with Crippen molar-refractivity contribution in [3.63, 3.8) is 0 Å². The number of dihydropyridines is 1. The highest BCUT2D eigenvalue weighted by atomic mass is 35.5. The maximum atomic E-state index is 10.5. The minimum absolute atomic E-state index is 0.454. The van der Waals surface area contributed by atoms with Gasteiger partial charge in [-0.3, -0.25) is 9.59 Å². The molecule has 0 fully saturated rings. The van der Waals surface area contributed by atoms with Crippen molar-refractivity contribution in [2.24, 2.45) is 4.99 Å². The van der Waals surface area contributed by atoms with Gasteiger partial charge in [0.1, 0.15) is 5.17 Å².